The molecular weight excluding hydrogens is 441 g/mol. The Kier molecular flexibility index (Phi) is 12.8. The lowest BCUT2D eigenvalue weighted by atomic mass is 10.2. The summed E-state index contributed by atoms with van der Waals surface area (Å²) < 4.78 is 3.36. The van der Waals surface area contributed by atoms with Gasteiger partial charge in [0.15, 0.2) is 0 Å². The average Bonchev–Trinajstić information content (AvgIpc) is 3.03. The van der Waals surface area contributed by atoms with Crippen molar-refractivity contribution in [1.29, 1.82) is 0 Å². The Labute approximate surface area is 209 Å². The first-order chi connectivity index (χ1) is 14.7. The molecular formula is C27H58N2SSi2. The average molecular weight is 499 g/mol. The molecule has 0 aromatic carbocycles. The van der Waals surface area contributed by atoms with E-state index in [0.717, 1.165) is 35.5 Å². The van der Waals surface area contributed by atoms with E-state index in [4.69, 9.17) is 4.99 Å². The third-order valence-corrected chi connectivity index (χ3v) is 22.3. The lowest BCUT2D eigenvalue weighted by Gasteiger charge is -2.58. The molecule has 1 aliphatic heterocycles. The highest BCUT2D eigenvalue weighted by atomic mass is 32.2. The molecule has 0 saturated heterocycles. The quantitative estimate of drug-likeness (QED) is 0.209. The van der Waals surface area contributed by atoms with Crippen LogP contribution in [0.5, 0.6) is 0 Å². The molecule has 0 amide bonds. The highest BCUT2D eigenvalue weighted by Gasteiger charge is 2.54. The van der Waals surface area contributed by atoms with Gasteiger partial charge in [-0.25, -0.2) is 0 Å². The third-order valence-electron chi connectivity index (χ3n) is 6.60. The van der Waals surface area contributed by atoms with Crippen LogP contribution in [0.25, 0.3) is 0 Å². The Morgan fingerprint density at radius 3 is 1.09 bits per heavy atom. The fourth-order valence-electron chi connectivity index (χ4n) is 7.21. The van der Waals surface area contributed by atoms with Crippen LogP contribution in [-0.2, 0) is 0 Å². The first-order valence-electron chi connectivity index (χ1n) is 13.7. The van der Waals surface area contributed by atoms with Crippen LogP contribution in [0.1, 0.15) is 83.1 Å². The van der Waals surface area contributed by atoms with E-state index < -0.39 is 16.5 Å². The topological polar surface area (TPSA) is 15.6 Å². The van der Waals surface area contributed by atoms with Gasteiger partial charge in [0, 0.05) is 5.75 Å². The van der Waals surface area contributed by atoms with E-state index in [1.54, 1.807) is 0 Å². The molecule has 0 saturated carbocycles. The van der Waals surface area contributed by atoms with Gasteiger partial charge in [0.1, 0.15) is 22.6 Å². The van der Waals surface area contributed by atoms with Crippen molar-refractivity contribution in [1.82, 2.24) is 4.23 Å². The fraction of sp³-hybridized carbons (Fsp3) is 0.963. The van der Waals surface area contributed by atoms with E-state index in [1.165, 1.54) is 42.0 Å². The smallest absolute Gasteiger partial charge is 0.124 e. The van der Waals surface area contributed by atoms with Gasteiger partial charge in [-0.3, -0.25) is 4.99 Å². The summed E-state index contributed by atoms with van der Waals surface area (Å²) in [5, 5.41) is 0. The molecule has 0 fully saturated rings. The van der Waals surface area contributed by atoms with E-state index in [9.17, 15) is 0 Å². The summed E-state index contributed by atoms with van der Waals surface area (Å²) in [5.74, 6) is 5.79. The minimum atomic E-state index is -1.75. The SMILES string of the molecule is CC(C)C[Si](CC(C)C)(CC(C)C)N(C1CSC=N1)[Si](CC(C)C)(CC(C)C)CC(C)C. The summed E-state index contributed by atoms with van der Waals surface area (Å²) in [7, 11) is -3.49. The van der Waals surface area contributed by atoms with Crippen LogP contribution in [0.2, 0.25) is 36.3 Å². The van der Waals surface area contributed by atoms with Crippen molar-refractivity contribution in [3.63, 3.8) is 0 Å². The van der Waals surface area contributed by atoms with E-state index in [1.807, 2.05) is 11.8 Å². The third kappa shape index (κ3) is 9.22. The van der Waals surface area contributed by atoms with Crippen molar-refractivity contribution in [3.8, 4) is 0 Å². The second-order valence-electron chi connectivity index (χ2n) is 13.5. The second kappa shape index (κ2) is 13.5. The summed E-state index contributed by atoms with van der Waals surface area (Å²) in [4.78, 5) is 5.24. The summed E-state index contributed by atoms with van der Waals surface area (Å²) in [6.45, 7) is 29.9. The first-order valence-corrected chi connectivity index (χ1v) is 19.8. The van der Waals surface area contributed by atoms with E-state index in [-0.39, 0.29) is 0 Å². The highest BCUT2D eigenvalue weighted by molar-refractivity contribution is 8.12. The van der Waals surface area contributed by atoms with Gasteiger partial charge in [-0.05, 0) is 71.8 Å². The molecule has 0 N–H and O–H groups in total. The standard InChI is InChI=1S/C27H58N2SSi2/c1-21(2)14-31(15-22(3)4,16-23(5)6)29(27-13-30-20-28-27)32(17-24(7)8,18-25(9)10)19-26(11)12/h20-27H,13-19H2,1-12H3. The van der Waals surface area contributed by atoms with Crippen LogP contribution < -0.4 is 0 Å². The number of rotatable bonds is 15. The predicted molar refractivity (Wildman–Crippen MR) is 156 cm³/mol. The summed E-state index contributed by atoms with van der Waals surface area (Å²) in [6.07, 6.45) is 0.436. The maximum Gasteiger partial charge on any atom is 0.124 e. The van der Waals surface area contributed by atoms with Crippen LogP contribution in [0.4, 0.5) is 0 Å². The lowest BCUT2D eigenvalue weighted by molar-refractivity contribution is 0.429. The van der Waals surface area contributed by atoms with Crippen LogP contribution in [0.3, 0.4) is 0 Å². The zero-order valence-electron chi connectivity index (χ0n) is 23.9. The van der Waals surface area contributed by atoms with Crippen molar-refractivity contribution in [3.05, 3.63) is 0 Å². The Morgan fingerprint density at radius 2 is 0.906 bits per heavy atom. The van der Waals surface area contributed by atoms with Gasteiger partial charge in [0.05, 0.1) is 5.55 Å². The largest absolute Gasteiger partial charge is 0.323 e. The number of thioether (sulfide) groups is 1. The first kappa shape index (κ1) is 30.4. The molecule has 1 atom stereocenters. The molecule has 0 aromatic heterocycles. The highest BCUT2D eigenvalue weighted by Crippen LogP contribution is 2.46. The number of hydrogen-bond acceptors (Lipinski definition) is 3. The van der Waals surface area contributed by atoms with Gasteiger partial charge in [-0.2, -0.15) is 0 Å². The second-order valence-corrected chi connectivity index (χ2v) is 23.1. The zero-order valence-corrected chi connectivity index (χ0v) is 26.7. The molecule has 5 heteroatoms. The molecule has 0 aromatic rings. The van der Waals surface area contributed by atoms with Crippen molar-refractivity contribution in [2.75, 3.05) is 5.75 Å². The Balaban J connectivity index is 3.88. The normalized spacial score (nSPS) is 18.2. The minimum Gasteiger partial charge on any atom is -0.323 e. The molecule has 2 nitrogen and oxygen atoms in total. The van der Waals surface area contributed by atoms with Crippen LogP contribution in [0.15, 0.2) is 4.99 Å². The Hall–Kier alpha value is 0.414. The van der Waals surface area contributed by atoms with E-state index in [2.05, 4.69) is 92.9 Å². The molecule has 1 heterocycles. The molecule has 0 bridgehead atoms. The molecule has 1 rings (SSSR count). The summed E-state index contributed by atoms with van der Waals surface area (Å²) in [5.41, 5.74) is 2.19. The Bertz CT molecular complexity index is 467. The van der Waals surface area contributed by atoms with Crippen LogP contribution in [-0.4, -0.2) is 38.2 Å². The predicted octanol–water partition coefficient (Wildman–Crippen LogP) is 9.22. The molecule has 32 heavy (non-hydrogen) atoms. The van der Waals surface area contributed by atoms with Gasteiger partial charge in [0.25, 0.3) is 0 Å². The molecule has 0 radical (unpaired) electrons. The maximum atomic E-state index is 5.24. The van der Waals surface area contributed by atoms with E-state index in [0.29, 0.717) is 6.17 Å². The molecule has 0 spiro atoms. The van der Waals surface area contributed by atoms with Crippen LogP contribution >= 0.6 is 11.8 Å². The van der Waals surface area contributed by atoms with E-state index >= 15 is 0 Å². The fourth-order valence-corrected chi connectivity index (χ4v) is 26.7. The summed E-state index contributed by atoms with van der Waals surface area (Å²) >= 11 is 1.97. The van der Waals surface area contributed by atoms with Gasteiger partial charge in [0.2, 0.25) is 0 Å². The van der Waals surface area contributed by atoms with Crippen molar-refractivity contribution in [2.45, 2.75) is 126 Å². The minimum absolute atomic E-state index is 0.436. The molecule has 0 aliphatic carbocycles. The van der Waals surface area contributed by atoms with Gasteiger partial charge < -0.3 is 4.23 Å². The summed E-state index contributed by atoms with van der Waals surface area (Å²) in [6, 6.07) is 8.69. The molecule has 1 aliphatic rings. The van der Waals surface area contributed by atoms with Gasteiger partial charge >= 0.3 is 0 Å². The molecule has 190 valence electrons. The number of hydrogen-bond donors (Lipinski definition) is 0. The van der Waals surface area contributed by atoms with Crippen molar-refractivity contribution >= 4 is 33.8 Å². The lowest BCUT2D eigenvalue weighted by Crippen LogP contribution is -2.71. The van der Waals surface area contributed by atoms with Crippen LogP contribution in [0, 0.1) is 35.5 Å². The Morgan fingerprint density at radius 1 is 0.625 bits per heavy atom. The number of aliphatic imine (C=N–C) groups is 1. The zero-order chi connectivity index (χ0) is 24.7. The monoisotopic (exact) mass is 498 g/mol. The van der Waals surface area contributed by atoms with Crippen molar-refractivity contribution < 1.29 is 0 Å². The van der Waals surface area contributed by atoms with Gasteiger partial charge in [-0.15, -0.1) is 11.8 Å². The maximum absolute atomic E-state index is 5.24. The molecule has 1 unspecified atom stereocenters. The van der Waals surface area contributed by atoms with Gasteiger partial charge in [-0.1, -0.05) is 83.1 Å². The van der Waals surface area contributed by atoms with Crippen molar-refractivity contribution in [2.24, 2.45) is 40.5 Å². The number of nitrogens with zero attached hydrogens (tertiary/aromatic N) is 2.